The van der Waals surface area contributed by atoms with Gasteiger partial charge < -0.3 is 15.4 Å². The molecule has 1 saturated heterocycles. The molecule has 0 aromatic heterocycles. The van der Waals surface area contributed by atoms with Crippen molar-refractivity contribution in [1.29, 1.82) is 0 Å². The van der Waals surface area contributed by atoms with Gasteiger partial charge in [0.05, 0.1) is 7.11 Å². The number of piperidine rings is 1. The molecule has 1 heterocycles. The van der Waals surface area contributed by atoms with Crippen molar-refractivity contribution in [1.82, 2.24) is 10.6 Å². The Morgan fingerprint density at radius 3 is 2.83 bits per heavy atom. The molecule has 1 fully saturated rings. The topological polar surface area (TPSA) is 33.3 Å². The van der Waals surface area contributed by atoms with Crippen LogP contribution in [-0.2, 0) is 6.54 Å². The lowest BCUT2D eigenvalue weighted by atomic mass is 9.95. The predicted molar refractivity (Wildman–Crippen MR) is 74.9 cm³/mol. The van der Waals surface area contributed by atoms with Crippen molar-refractivity contribution in [2.75, 3.05) is 26.7 Å². The third-order valence-electron chi connectivity index (χ3n) is 3.70. The second kappa shape index (κ2) is 7.39. The molecule has 0 radical (unpaired) electrons. The molecule has 1 aromatic carbocycles. The largest absolute Gasteiger partial charge is 0.496 e. The van der Waals surface area contributed by atoms with Gasteiger partial charge in [0.25, 0.3) is 0 Å². The molecule has 3 heteroatoms. The summed E-state index contributed by atoms with van der Waals surface area (Å²) < 4.78 is 5.34. The zero-order valence-electron chi connectivity index (χ0n) is 11.2. The summed E-state index contributed by atoms with van der Waals surface area (Å²) in [4.78, 5) is 0. The van der Waals surface area contributed by atoms with Crippen LogP contribution in [0.2, 0.25) is 0 Å². The maximum Gasteiger partial charge on any atom is 0.123 e. The summed E-state index contributed by atoms with van der Waals surface area (Å²) in [6, 6.07) is 8.21. The Balaban J connectivity index is 1.68. The van der Waals surface area contributed by atoms with Gasteiger partial charge in [0.1, 0.15) is 5.75 Å². The van der Waals surface area contributed by atoms with Gasteiger partial charge in [-0.3, -0.25) is 0 Å². The number of hydrogen-bond donors (Lipinski definition) is 2. The Bertz CT molecular complexity index is 348. The second-order valence-electron chi connectivity index (χ2n) is 4.97. The SMILES string of the molecule is COc1ccccc1CNCCC1CCNCC1. The molecule has 100 valence electrons. The maximum absolute atomic E-state index is 5.34. The van der Waals surface area contributed by atoms with Gasteiger partial charge in [-0.05, 0) is 50.9 Å². The standard InChI is InChI=1S/C15H24N2O/c1-18-15-5-3-2-4-14(15)12-17-11-8-13-6-9-16-10-7-13/h2-5,13,16-17H,6-12H2,1H3. The Morgan fingerprint density at radius 2 is 2.06 bits per heavy atom. The summed E-state index contributed by atoms with van der Waals surface area (Å²) in [6.07, 6.45) is 3.95. The molecule has 0 spiro atoms. The Kier molecular flexibility index (Phi) is 5.49. The predicted octanol–water partition coefficient (Wildman–Crippen LogP) is 2.17. The van der Waals surface area contributed by atoms with Crippen LogP contribution in [0.25, 0.3) is 0 Å². The molecule has 2 N–H and O–H groups in total. The van der Waals surface area contributed by atoms with E-state index in [9.17, 15) is 0 Å². The quantitative estimate of drug-likeness (QED) is 0.757. The molecule has 0 amide bonds. The minimum atomic E-state index is 0.898. The van der Waals surface area contributed by atoms with Crippen molar-refractivity contribution in [3.63, 3.8) is 0 Å². The highest BCUT2D eigenvalue weighted by Crippen LogP contribution is 2.17. The van der Waals surface area contributed by atoms with E-state index in [2.05, 4.69) is 22.8 Å². The lowest BCUT2D eigenvalue weighted by molar-refractivity contribution is 0.347. The number of methoxy groups -OCH3 is 1. The summed E-state index contributed by atoms with van der Waals surface area (Å²) in [5.74, 6) is 1.88. The molecular weight excluding hydrogens is 224 g/mol. The number of benzene rings is 1. The van der Waals surface area contributed by atoms with Crippen molar-refractivity contribution in [3.05, 3.63) is 29.8 Å². The summed E-state index contributed by atoms with van der Waals surface area (Å²) in [5, 5.41) is 6.93. The number of rotatable bonds is 6. The third kappa shape index (κ3) is 4.00. The van der Waals surface area contributed by atoms with Crippen LogP contribution in [0.15, 0.2) is 24.3 Å². The minimum Gasteiger partial charge on any atom is -0.496 e. The first-order valence-corrected chi connectivity index (χ1v) is 6.93. The number of nitrogens with one attached hydrogen (secondary N) is 2. The number of hydrogen-bond acceptors (Lipinski definition) is 3. The van der Waals surface area contributed by atoms with E-state index in [4.69, 9.17) is 4.74 Å². The molecule has 1 aliphatic heterocycles. The summed E-state index contributed by atoms with van der Waals surface area (Å²) >= 11 is 0. The molecule has 0 aliphatic carbocycles. The fraction of sp³-hybridized carbons (Fsp3) is 0.600. The van der Waals surface area contributed by atoms with Crippen LogP contribution in [0.5, 0.6) is 5.75 Å². The van der Waals surface area contributed by atoms with Gasteiger partial charge in [0.2, 0.25) is 0 Å². The average molecular weight is 248 g/mol. The Hall–Kier alpha value is -1.06. The van der Waals surface area contributed by atoms with Gasteiger partial charge in [0, 0.05) is 12.1 Å². The van der Waals surface area contributed by atoms with Crippen LogP contribution < -0.4 is 15.4 Å². The van der Waals surface area contributed by atoms with Gasteiger partial charge in [0.15, 0.2) is 0 Å². The molecule has 0 saturated carbocycles. The van der Waals surface area contributed by atoms with Crippen LogP contribution >= 0.6 is 0 Å². The zero-order valence-corrected chi connectivity index (χ0v) is 11.2. The fourth-order valence-corrected chi connectivity index (χ4v) is 2.55. The van der Waals surface area contributed by atoms with Crippen molar-refractivity contribution >= 4 is 0 Å². The lowest BCUT2D eigenvalue weighted by Gasteiger charge is -2.22. The van der Waals surface area contributed by atoms with Gasteiger partial charge >= 0.3 is 0 Å². The van der Waals surface area contributed by atoms with Crippen molar-refractivity contribution < 1.29 is 4.74 Å². The first kappa shape index (κ1) is 13.4. The van der Waals surface area contributed by atoms with E-state index >= 15 is 0 Å². The van der Waals surface area contributed by atoms with Crippen molar-refractivity contribution in [3.8, 4) is 5.75 Å². The summed E-state index contributed by atoms with van der Waals surface area (Å²) in [5.41, 5.74) is 1.24. The smallest absolute Gasteiger partial charge is 0.123 e. The van der Waals surface area contributed by atoms with E-state index in [1.807, 2.05) is 12.1 Å². The van der Waals surface area contributed by atoms with E-state index < -0.39 is 0 Å². The third-order valence-corrected chi connectivity index (χ3v) is 3.70. The first-order valence-electron chi connectivity index (χ1n) is 6.93. The maximum atomic E-state index is 5.34. The monoisotopic (exact) mass is 248 g/mol. The molecule has 3 nitrogen and oxygen atoms in total. The van der Waals surface area contributed by atoms with E-state index in [1.54, 1.807) is 7.11 Å². The molecule has 0 bridgehead atoms. The number of ether oxygens (including phenoxy) is 1. The summed E-state index contributed by atoms with van der Waals surface area (Å²) in [7, 11) is 1.73. The fourth-order valence-electron chi connectivity index (χ4n) is 2.55. The van der Waals surface area contributed by atoms with E-state index in [1.165, 1.54) is 37.9 Å². The summed E-state index contributed by atoms with van der Waals surface area (Å²) in [6.45, 7) is 4.38. The molecule has 0 atom stereocenters. The lowest BCUT2D eigenvalue weighted by Crippen LogP contribution is -2.29. The Morgan fingerprint density at radius 1 is 1.28 bits per heavy atom. The van der Waals surface area contributed by atoms with Crippen molar-refractivity contribution in [2.24, 2.45) is 5.92 Å². The van der Waals surface area contributed by atoms with Crippen molar-refractivity contribution in [2.45, 2.75) is 25.8 Å². The van der Waals surface area contributed by atoms with E-state index in [0.717, 1.165) is 24.8 Å². The van der Waals surface area contributed by atoms with E-state index in [0.29, 0.717) is 0 Å². The molecule has 18 heavy (non-hydrogen) atoms. The van der Waals surface area contributed by atoms with Crippen LogP contribution in [-0.4, -0.2) is 26.7 Å². The van der Waals surface area contributed by atoms with E-state index in [-0.39, 0.29) is 0 Å². The molecule has 2 rings (SSSR count). The first-order chi connectivity index (χ1) is 8.90. The highest BCUT2D eigenvalue weighted by Gasteiger charge is 2.12. The molecule has 1 aliphatic rings. The van der Waals surface area contributed by atoms with Gasteiger partial charge in [-0.15, -0.1) is 0 Å². The van der Waals surface area contributed by atoms with Crippen LogP contribution in [0, 0.1) is 5.92 Å². The minimum absolute atomic E-state index is 0.898. The highest BCUT2D eigenvalue weighted by atomic mass is 16.5. The second-order valence-corrected chi connectivity index (χ2v) is 4.97. The van der Waals surface area contributed by atoms with Crippen LogP contribution in [0.4, 0.5) is 0 Å². The number of para-hydroxylation sites is 1. The van der Waals surface area contributed by atoms with Gasteiger partial charge in [-0.25, -0.2) is 0 Å². The molecular formula is C15H24N2O. The van der Waals surface area contributed by atoms with Crippen LogP contribution in [0.3, 0.4) is 0 Å². The normalized spacial score (nSPS) is 16.7. The molecule has 0 unspecified atom stereocenters. The Labute approximate surface area is 110 Å². The zero-order chi connectivity index (χ0) is 12.6. The van der Waals surface area contributed by atoms with Gasteiger partial charge in [-0.1, -0.05) is 18.2 Å². The average Bonchev–Trinajstić information content (AvgIpc) is 2.45. The van der Waals surface area contributed by atoms with Gasteiger partial charge in [-0.2, -0.15) is 0 Å². The van der Waals surface area contributed by atoms with Crippen LogP contribution in [0.1, 0.15) is 24.8 Å². The molecule has 1 aromatic rings. The highest BCUT2D eigenvalue weighted by molar-refractivity contribution is 5.32.